The molecule has 88 valence electrons. The van der Waals surface area contributed by atoms with E-state index < -0.39 is 0 Å². The molecule has 0 bridgehead atoms. The average Bonchev–Trinajstić information content (AvgIpc) is 2.79. The Hall–Kier alpha value is -1.83. The molecule has 1 aromatic heterocycles. The van der Waals surface area contributed by atoms with Gasteiger partial charge in [0.15, 0.2) is 0 Å². The molecule has 17 heavy (non-hydrogen) atoms. The minimum atomic E-state index is 0.224. The summed E-state index contributed by atoms with van der Waals surface area (Å²) in [5.41, 5.74) is 2.46. The molecular formula is C15H16O2. The zero-order valence-corrected chi connectivity index (χ0v) is 9.98. The highest BCUT2D eigenvalue weighted by Crippen LogP contribution is 2.09. The first-order valence-corrected chi connectivity index (χ1v) is 5.83. The van der Waals surface area contributed by atoms with Crippen LogP contribution in [0.3, 0.4) is 0 Å². The SMILES string of the molecule is Cc1cccc(CCC(=O)Cc2ccco2)c1. The van der Waals surface area contributed by atoms with E-state index in [0.717, 1.165) is 12.2 Å². The Kier molecular flexibility index (Phi) is 3.76. The molecule has 0 aliphatic heterocycles. The molecule has 2 aromatic rings. The molecule has 0 saturated carbocycles. The summed E-state index contributed by atoms with van der Waals surface area (Å²) < 4.78 is 5.15. The van der Waals surface area contributed by atoms with Gasteiger partial charge >= 0.3 is 0 Å². The molecule has 0 atom stereocenters. The average molecular weight is 228 g/mol. The van der Waals surface area contributed by atoms with Crippen molar-refractivity contribution in [2.75, 3.05) is 0 Å². The van der Waals surface area contributed by atoms with Gasteiger partial charge in [-0.05, 0) is 31.0 Å². The second kappa shape index (κ2) is 5.48. The first-order valence-electron chi connectivity index (χ1n) is 5.83. The summed E-state index contributed by atoms with van der Waals surface area (Å²) >= 11 is 0. The van der Waals surface area contributed by atoms with Gasteiger partial charge in [0.25, 0.3) is 0 Å². The molecule has 0 saturated heterocycles. The quantitative estimate of drug-likeness (QED) is 0.785. The Morgan fingerprint density at radius 1 is 1.24 bits per heavy atom. The fraction of sp³-hybridized carbons (Fsp3) is 0.267. The van der Waals surface area contributed by atoms with Crippen molar-refractivity contribution in [1.82, 2.24) is 0 Å². The Morgan fingerprint density at radius 2 is 2.12 bits per heavy atom. The minimum Gasteiger partial charge on any atom is -0.469 e. The van der Waals surface area contributed by atoms with Gasteiger partial charge in [-0.2, -0.15) is 0 Å². The summed E-state index contributed by atoms with van der Waals surface area (Å²) in [6.07, 6.45) is 3.38. The second-order valence-corrected chi connectivity index (χ2v) is 4.28. The van der Waals surface area contributed by atoms with Crippen molar-refractivity contribution < 1.29 is 9.21 Å². The van der Waals surface area contributed by atoms with E-state index in [2.05, 4.69) is 25.1 Å². The molecule has 2 heteroatoms. The molecule has 0 N–H and O–H groups in total. The Morgan fingerprint density at radius 3 is 2.82 bits per heavy atom. The van der Waals surface area contributed by atoms with Crippen molar-refractivity contribution in [1.29, 1.82) is 0 Å². The third-order valence-corrected chi connectivity index (χ3v) is 2.73. The lowest BCUT2D eigenvalue weighted by molar-refractivity contribution is -0.118. The van der Waals surface area contributed by atoms with Gasteiger partial charge in [-0.25, -0.2) is 0 Å². The normalized spacial score (nSPS) is 10.4. The third-order valence-electron chi connectivity index (χ3n) is 2.73. The molecule has 0 amide bonds. The van der Waals surface area contributed by atoms with Gasteiger partial charge in [-0.15, -0.1) is 0 Å². The van der Waals surface area contributed by atoms with Crippen LogP contribution in [0.5, 0.6) is 0 Å². The van der Waals surface area contributed by atoms with Crippen molar-refractivity contribution in [3.05, 3.63) is 59.5 Å². The monoisotopic (exact) mass is 228 g/mol. The number of Topliss-reactive ketones (excluding diaryl/α,β-unsaturated/α-hetero) is 1. The number of aryl methyl sites for hydroxylation is 2. The molecule has 0 aliphatic rings. The lowest BCUT2D eigenvalue weighted by atomic mass is 10.0. The number of carbonyl (C=O) groups excluding carboxylic acids is 1. The van der Waals surface area contributed by atoms with E-state index in [0.29, 0.717) is 12.8 Å². The van der Waals surface area contributed by atoms with Crippen molar-refractivity contribution in [3.8, 4) is 0 Å². The lowest BCUT2D eigenvalue weighted by Crippen LogP contribution is -2.03. The van der Waals surface area contributed by atoms with E-state index in [9.17, 15) is 4.79 Å². The number of benzene rings is 1. The predicted octanol–water partition coefficient (Wildman–Crippen LogP) is 3.33. The molecule has 0 spiro atoms. The van der Waals surface area contributed by atoms with Crippen LogP contribution < -0.4 is 0 Å². The summed E-state index contributed by atoms with van der Waals surface area (Å²) in [5, 5.41) is 0. The highest BCUT2D eigenvalue weighted by molar-refractivity contribution is 5.80. The maximum atomic E-state index is 11.7. The second-order valence-electron chi connectivity index (χ2n) is 4.28. The van der Waals surface area contributed by atoms with Crippen LogP contribution in [-0.2, 0) is 17.6 Å². The first-order chi connectivity index (χ1) is 8.24. The summed E-state index contributed by atoms with van der Waals surface area (Å²) in [5.74, 6) is 0.973. The molecule has 0 fully saturated rings. The maximum absolute atomic E-state index is 11.7. The number of rotatable bonds is 5. The number of ketones is 1. The zero-order valence-electron chi connectivity index (χ0n) is 9.98. The van der Waals surface area contributed by atoms with Gasteiger partial charge in [0.1, 0.15) is 11.5 Å². The van der Waals surface area contributed by atoms with Crippen LogP contribution in [0.15, 0.2) is 47.1 Å². The van der Waals surface area contributed by atoms with E-state index in [4.69, 9.17) is 4.42 Å². The van der Waals surface area contributed by atoms with Gasteiger partial charge in [0.2, 0.25) is 0 Å². The Balaban J connectivity index is 1.84. The molecule has 0 radical (unpaired) electrons. The van der Waals surface area contributed by atoms with Crippen LogP contribution in [-0.4, -0.2) is 5.78 Å². The molecule has 2 nitrogen and oxygen atoms in total. The van der Waals surface area contributed by atoms with Crippen molar-refractivity contribution in [2.45, 2.75) is 26.2 Å². The van der Waals surface area contributed by atoms with Gasteiger partial charge < -0.3 is 4.42 Å². The highest BCUT2D eigenvalue weighted by Gasteiger charge is 2.06. The largest absolute Gasteiger partial charge is 0.469 e. The van der Waals surface area contributed by atoms with Crippen LogP contribution in [0, 0.1) is 6.92 Å². The van der Waals surface area contributed by atoms with Crippen molar-refractivity contribution in [2.24, 2.45) is 0 Å². The summed E-state index contributed by atoms with van der Waals surface area (Å²) in [6.45, 7) is 2.06. The predicted molar refractivity (Wildman–Crippen MR) is 66.9 cm³/mol. The standard InChI is InChI=1S/C15H16O2/c1-12-4-2-5-13(10-12)7-8-14(16)11-15-6-3-9-17-15/h2-6,9-10H,7-8,11H2,1H3. The molecule has 1 aromatic carbocycles. The molecule has 0 aliphatic carbocycles. The zero-order chi connectivity index (χ0) is 12.1. The van der Waals surface area contributed by atoms with Crippen LogP contribution in [0.1, 0.15) is 23.3 Å². The van der Waals surface area contributed by atoms with E-state index in [-0.39, 0.29) is 5.78 Å². The third kappa shape index (κ3) is 3.59. The number of carbonyl (C=O) groups is 1. The van der Waals surface area contributed by atoms with E-state index in [1.807, 2.05) is 18.2 Å². The fourth-order valence-corrected chi connectivity index (χ4v) is 1.85. The van der Waals surface area contributed by atoms with Gasteiger partial charge in [-0.3, -0.25) is 4.79 Å². The topological polar surface area (TPSA) is 30.2 Å². The van der Waals surface area contributed by atoms with Crippen molar-refractivity contribution >= 4 is 5.78 Å². The van der Waals surface area contributed by atoms with Crippen LogP contribution >= 0.6 is 0 Å². The first kappa shape index (κ1) is 11.6. The fourth-order valence-electron chi connectivity index (χ4n) is 1.85. The molecule has 2 rings (SSSR count). The maximum Gasteiger partial charge on any atom is 0.140 e. The smallest absolute Gasteiger partial charge is 0.140 e. The Bertz CT molecular complexity index is 483. The molecular weight excluding hydrogens is 212 g/mol. The van der Waals surface area contributed by atoms with Crippen LogP contribution in [0.25, 0.3) is 0 Å². The molecule has 0 unspecified atom stereocenters. The van der Waals surface area contributed by atoms with Gasteiger partial charge in [-0.1, -0.05) is 29.8 Å². The lowest BCUT2D eigenvalue weighted by Gasteiger charge is -2.01. The van der Waals surface area contributed by atoms with Gasteiger partial charge in [0, 0.05) is 6.42 Å². The van der Waals surface area contributed by atoms with E-state index in [1.54, 1.807) is 6.26 Å². The summed E-state index contributed by atoms with van der Waals surface area (Å²) in [4.78, 5) is 11.7. The summed E-state index contributed by atoms with van der Waals surface area (Å²) in [6, 6.07) is 11.9. The van der Waals surface area contributed by atoms with Crippen molar-refractivity contribution in [3.63, 3.8) is 0 Å². The van der Waals surface area contributed by atoms with Crippen LogP contribution in [0.2, 0.25) is 0 Å². The number of furan rings is 1. The van der Waals surface area contributed by atoms with Gasteiger partial charge in [0.05, 0.1) is 12.7 Å². The van der Waals surface area contributed by atoms with E-state index >= 15 is 0 Å². The highest BCUT2D eigenvalue weighted by atomic mass is 16.3. The minimum absolute atomic E-state index is 0.224. The molecule has 1 heterocycles. The summed E-state index contributed by atoms with van der Waals surface area (Å²) in [7, 11) is 0. The Labute approximate surface area is 101 Å². The number of hydrogen-bond acceptors (Lipinski definition) is 2. The van der Waals surface area contributed by atoms with E-state index in [1.165, 1.54) is 11.1 Å². The van der Waals surface area contributed by atoms with Crippen LogP contribution in [0.4, 0.5) is 0 Å². The number of hydrogen-bond donors (Lipinski definition) is 0.